The van der Waals surface area contributed by atoms with Crippen LogP contribution < -0.4 is 5.32 Å². The molecule has 1 heterocycles. The van der Waals surface area contributed by atoms with Crippen molar-refractivity contribution < 1.29 is 0 Å². The zero-order valence-corrected chi connectivity index (χ0v) is 14.3. The maximum Gasteiger partial charge on any atom is 0.0244 e. The summed E-state index contributed by atoms with van der Waals surface area (Å²) in [5.74, 6) is 0.998. The van der Waals surface area contributed by atoms with Crippen LogP contribution in [0.5, 0.6) is 0 Å². The van der Waals surface area contributed by atoms with E-state index in [0.717, 1.165) is 18.5 Å². The first kappa shape index (κ1) is 16.3. The largest absolute Gasteiger partial charge is 0.314 e. The molecule has 1 aliphatic carbocycles. The summed E-state index contributed by atoms with van der Waals surface area (Å²) in [6, 6.07) is 9.34. The maximum absolute atomic E-state index is 3.74. The molecule has 0 bridgehead atoms. The SMILES string of the molecule is Brc1ccccc1CN1CCC(NCC2CC2)CC1.Cl. The third kappa shape index (κ3) is 4.73. The summed E-state index contributed by atoms with van der Waals surface area (Å²) in [4.78, 5) is 2.58. The second-order valence-electron chi connectivity index (χ2n) is 5.99. The summed E-state index contributed by atoms with van der Waals surface area (Å²) in [7, 11) is 0. The van der Waals surface area contributed by atoms with Crippen LogP contribution in [-0.2, 0) is 6.54 Å². The zero-order chi connectivity index (χ0) is 13.1. The molecule has 0 aromatic heterocycles. The molecule has 1 aliphatic heterocycles. The van der Waals surface area contributed by atoms with E-state index in [0.29, 0.717) is 0 Å². The highest BCUT2D eigenvalue weighted by Gasteiger charge is 2.24. The summed E-state index contributed by atoms with van der Waals surface area (Å²) in [5, 5.41) is 3.74. The molecule has 1 aromatic carbocycles. The van der Waals surface area contributed by atoms with Crippen LogP contribution in [0.4, 0.5) is 0 Å². The highest BCUT2D eigenvalue weighted by molar-refractivity contribution is 9.10. The molecular weight excluding hydrogens is 336 g/mol. The van der Waals surface area contributed by atoms with Crippen molar-refractivity contribution in [1.82, 2.24) is 10.2 Å². The Morgan fingerprint density at radius 1 is 1.10 bits per heavy atom. The van der Waals surface area contributed by atoms with E-state index in [1.54, 1.807) is 0 Å². The molecule has 0 amide bonds. The van der Waals surface area contributed by atoms with Gasteiger partial charge in [-0.1, -0.05) is 34.1 Å². The molecule has 4 heteroatoms. The summed E-state index contributed by atoms with van der Waals surface area (Å²) in [6.45, 7) is 4.79. The average Bonchev–Trinajstić information content (AvgIpc) is 3.25. The first-order valence-electron chi connectivity index (χ1n) is 7.50. The molecular formula is C16H24BrClN2. The van der Waals surface area contributed by atoms with Gasteiger partial charge in [-0.3, -0.25) is 4.90 Å². The third-order valence-electron chi connectivity index (χ3n) is 4.33. The van der Waals surface area contributed by atoms with Gasteiger partial charge in [-0.05, 0) is 62.9 Å². The predicted octanol–water partition coefficient (Wildman–Crippen LogP) is 3.83. The first-order chi connectivity index (χ1) is 9.31. The summed E-state index contributed by atoms with van der Waals surface area (Å²) >= 11 is 3.64. The van der Waals surface area contributed by atoms with Gasteiger partial charge in [-0.15, -0.1) is 12.4 Å². The molecule has 0 spiro atoms. The number of piperidine rings is 1. The quantitative estimate of drug-likeness (QED) is 0.859. The maximum atomic E-state index is 3.74. The van der Waals surface area contributed by atoms with Crippen molar-refractivity contribution in [3.8, 4) is 0 Å². The second-order valence-corrected chi connectivity index (χ2v) is 6.85. The molecule has 1 saturated heterocycles. The Balaban J connectivity index is 0.00000147. The monoisotopic (exact) mass is 358 g/mol. The van der Waals surface area contributed by atoms with E-state index in [2.05, 4.69) is 50.4 Å². The molecule has 112 valence electrons. The van der Waals surface area contributed by atoms with Crippen LogP contribution in [0.1, 0.15) is 31.2 Å². The number of hydrogen-bond donors (Lipinski definition) is 1. The summed E-state index contributed by atoms with van der Waals surface area (Å²) in [6.07, 6.45) is 5.51. The van der Waals surface area contributed by atoms with Gasteiger partial charge in [0.05, 0.1) is 0 Å². The van der Waals surface area contributed by atoms with Crippen LogP contribution >= 0.6 is 28.3 Å². The second kappa shape index (κ2) is 7.79. The van der Waals surface area contributed by atoms with E-state index >= 15 is 0 Å². The standard InChI is InChI=1S/C16H23BrN2.ClH/c17-16-4-2-1-3-14(16)12-19-9-7-15(8-10-19)18-11-13-5-6-13;/h1-4,13,15,18H,5-12H2;1H. The fourth-order valence-electron chi connectivity index (χ4n) is 2.82. The molecule has 2 nitrogen and oxygen atoms in total. The van der Waals surface area contributed by atoms with Crippen molar-refractivity contribution >= 4 is 28.3 Å². The van der Waals surface area contributed by atoms with E-state index in [-0.39, 0.29) is 12.4 Å². The van der Waals surface area contributed by atoms with Crippen LogP contribution in [0.25, 0.3) is 0 Å². The molecule has 0 radical (unpaired) electrons. The van der Waals surface area contributed by atoms with Crippen molar-refractivity contribution in [1.29, 1.82) is 0 Å². The van der Waals surface area contributed by atoms with E-state index in [1.165, 1.54) is 55.4 Å². The van der Waals surface area contributed by atoms with Crippen LogP contribution in [0.2, 0.25) is 0 Å². The lowest BCUT2D eigenvalue weighted by Gasteiger charge is -2.32. The third-order valence-corrected chi connectivity index (χ3v) is 5.11. The number of rotatable bonds is 5. The van der Waals surface area contributed by atoms with E-state index in [9.17, 15) is 0 Å². The molecule has 2 fully saturated rings. The van der Waals surface area contributed by atoms with Gasteiger partial charge in [-0.25, -0.2) is 0 Å². The zero-order valence-electron chi connectivity index (χ0n) is 11.9. The van der Waals surface area contributed by atoms with Crippen LogP contribution in [0.3, 0.4) is 0 Å². The number of halogens is 2. The normalized spacial score (nSPS) is 20.6. The van der Waals surface area contributed by atoms with Gasteiger partial charge in [-0.2, -0.15) is 0 Å². The molecule has 1 N–H and O–H groups in total. The lowest BCUT2D eigenvalue weighted by atomic mass is 10.0. The Morgan fingerprint density at radius 3 is 2.45 bits per heavy atom. The van der Waals surface area contributed by atoms with E-state index < -0.39 is 0 Å². The molecule has 1 saturated carbocycles. The van der Waals surface area contributed by atoms with Crippen LogP contribution in [0.15, 0.2) is 28.7 Å². The average molecular weight is 360 g/mol. The van der Waals surface area contributed by atoms with Crippen molar-refractivity contribution in [2.45, 2.75) is 38.3 Å². The first-order valence-corrected chi connectivity index (χ1v) is 8.30. The van der Waals surface area contributed by atoms with Crippen molar-refractivity contribution in [3.63, 3.8) is 0 Å². The number of likely N-dealkylation sites (tertiary alicyclic amines) is 1. The van der Waals surface area contributed by atoms with Crippen molar-refractivity contribution in [3.05, 3.63) is 34.3 Å². The Labute approximate surface area is 136 Å². The minimum absolute atomic E-state index is 0. The molecule has 1 aromatic rings. The molecule has 20 heavy (non-hydrogen) atoms. The minimum atomic E-state index is 0. The van der Waals surface area contributed by atoms with Gasteiger partial charge in [0.1, 0.15) is 0 Å². The van der Waals surface area contributed by atoms with Crippen LogP contribution in [-0.4, -0.2) is 30.6 Å². The molecule has 2 aliphatic rings. The van der Waals surface area contributed by atoms with Gasteiger partial charge in [0, 0.05) is 17.1 Å². The predicted molar refractivity (Wildman–Crippen MR) is 90.4 cm³/mol. The fourth-order valence-corrected chi connectivity index (χ4v) is 3.23. The van der Waals surface area contributed by atoms with E-state index in [4.69, 9.17) is 0 Å². The summed E-state index contributed by atoms with van der Waals surface area (Å²) in [5.41, 5.74) is 1.41. The van der Waals surface area contributed by atoms with Gasteiger partial charge in [0.15, 0.2) is 0 Å². The lowest BCUT2D eigenvalue weighted by molar-refractivity contribution is 0.190. The topological polar surface area (TPSA) is 15.3 Å². The number of benzene rings is 1. The van der Waals surface area contributed by atoms with E-state index in [1.807, 2.05) is 0 Å². The Kier molecular flexibility index (Phi) is 6.34. The molecule has 0 atom stereocenters. The van der Waals surface area contributed by atoms with Gasteiger partial charge < -0.3 is 5.32 Å². The fraction of sp³-hybridized carbons (Fsp3) is 0.625. The number of nitrogens with zero attached hydrogens (tertiary/aromatic N) is 1. The lowest BCUT2D eigenvalue weighted by Crippen LogP contribution is -2.42. The summed E-state index contributed by atoms with van der Waals surface area (Å²) < 4.78 is 1.24. The number of hydrogen-bond acceptors (Lipinski definition) is 2. The smallest absolute Gasteiger partial charge is 0.0244 e. The number of nitrogens with one attached hydrogen (secondary N) is 1. The van der Waals surface area contributed by atoms with Crippen molar-refractivity contribution in [2.24, 2.45) is 5.92 Å². The molecule has 3 rings (SSSR count). The van der Waals surface area contributed by atoms with Crippen LogP contribution in [0, 0.1) is 5.92 Å². The Bertz CT molecular complexity index is 415. The minimum Gasteiger partial charge on any atom is -0.314 e. The molecule has 0 unspecified atom stereocenters. The Morgan fingerprint density at radius 2 is 1.80 bits per heavy atom. The Hall–Kier alpha value is -0.0900. The highest BCUT2D eigenvalue weighted by atomic mass is 79.9. The van der Waals surface area contributed by atoms with Gasteiger partial charge in [0.25, 0.3) is 0 Å². The highest BCUT2D eigenvalue weighted by Crippen LogP contribution is 2.28. The van der Waals surface area contributed by atoms with Gasteiger partial charge >= 0.3 is 0 Å². The van der Waals surface area contributed by atoms with Gasteiger partial charge in [0.2, 0.25) is 0 Å². The van der Waals surface area contributed by atoms with Crippen molar-refractivity contribution in [2.75, 3.05) is 19.6 Å².